The van der Waals surface area contributed by atoms with Crippen molar-refractivity contribution in [2.45, 2.75) is 57.7 Å². The molecule has 1 atom stereocenters. The fraction of sp³-hybridized carbons (Fsp3) is 0.375. The van der Waals surface area contributed by atoms with Crippen molar-refractivity contribution in [3.05, 3.63) is 94.5 Å². The largest absolute Gasteiger partial charge is 0.497 e. The average Bonchev–Trinajstić information content (AvgIpc) is 3.48. The van der Waals surface area contributed by atoms with Gasteiger partial charge in [-0.05, 0) is 60.7 Å². The van der Waals surface area contributed by atoms with E-state index in [1.807, 2.05) is 48.5 Å². The van der Waals surface area contributed by atoms with E-state index < -0.39 is 28.5 Å². The zero-order chi connectivity index (χ0) is 30.3. The number of amides is 2. The number of hydrogen-bond acceptors (Lipinski definition) is 5. The van der Waals surface area contributed by atoms with Gasteiger partial charge in [-0.3, -0.25) is 13.9 Å². The molecule has 0 heterocycles. The summed E-state index contributed by atoms with van der Waals surface area (Å²) in [6, 6.07) is 20.9. The summed E-state index contributed by atoms with van der Waals surface area (Å²) < 4.78 is 32.5. The van der Waals surface area contributed by atoms with Gasteiger partial charge in [0.2, 0.25) is 21.8 Å². The van der Waals surface area contributed by atoms with Crippen molar-refractivity contribution in [2.24, 2.45) is 0 Å². The lowest BCUT2D eigenvalue weighted by molar-refractivity contribution is -0.140. The van der Waals surface area contributed by atoms with Gasteiger partial charge in [0.1, 0.15) is 18.3 Å². The second-order valence-corrected chi connectivity index (χ2v) is 13.1. The number of nitrogens with zero attached hydrogens (tertiary/aromatic N) is 2. The van der Waals surface area contributed by atoms with Crippen LogP contribution in [0.5, 0.6) is 5.75 Å². The van der Waals surface area contributed by atoms with Gasteiger partial charge in [-0.25, -0.2) is 8.42 Å². The number of halogens is 1. The molecule has 0 aromatic heterocycles. The number of methoxy groups -OCH3 is 1. The monoisotopic (exact) mass is 611 g/mol. The molecule has 8 nitrogen and oxygen atoms in total. The Hall–Kier alpha value is -3.56. The fourth-order valence-corrected chi connectivity index (χ4v) is 6.40. The molecule has 0 bridgehead atoms. The molecule has 42 heavy (non-hydrogen) atoms. The summed E-state index contributed by atoms with van der Waals surface area (Å²) in [6.07, 6.45) is 5.20. The van der Waals surface area contributed by atoms with Crippen molar-refractivity contribution in [2.75, 3.05) is 24.2 Å². The third-order valence-corrected chi connectivity index (χ3v) is 8.94. The average molecular weight is 612 g/mol. The molecule has 224 valence electrons. The highest BCUT2D eigenvalue weighted by Crippen LogP contribution is 2.27. The van der Waals surface area contributed by atoms with Gasteiger partial charge in [-0.15, -0.1) is 0 Å². The maximum atomic E-state index is 14.3. The van der Waals surface area contributed by atoms with Crippen LogP contribution in [0, 0.1) is 6.92 Å². The number of carbonyl (C=O) groups is 2. The van der Waals surface area contributed by atoms with Gasteiger partial charge in [0, 0.05) is 24.0 Å². The lowest BCUT2D eigenvalue weighted by Crippen LogP contribution is -2.54. The fourth-order valence-electron chi connectivity index (χ4n) is 5.33. The van der Waals surface area contributed by atoms with E-state index in [0.29, 0.717) is 22.0 Å². The topological polar surface area (TPSA) is 96.0 Å². The zero-order valence-electron chi connectivity index (χ0n) is 24.3. The Kier molecular flexibility index (Phi) is 10.5. The molecular formula is C32H38ClN3O5S. The number of carbonyl (C=O) groups excluding carboxylic acids is 2. The molecule has 4 rings (SSSR count). The van der Waals surface area contributed by atoms with Crippen molar-refractivity contribution in [1.82, 2.24) is 10.2 Å². The number of benzene rings is 3. The number of ether oxygens (including phenoxy) is 1. The maximum Gasteiger partial charge on any atom is 0.244 e. The van der Waals surface area contributed by atoms with Gasteiger partial charge in [-0.1, -0.05) is 73.0 Å². The minimum atomic E-state index is -3.89. The standard InChI is InChI=1S/C32H38ClN3O5S/c1-23-16-17-26(33)20-29(23)36(42(3,39)40)22-31(37)35(21-25-12-9-15-28(18-25)41-2)30(19-24-10-5-4-6-11-24)32(38)34-27-13-7-8-14-27/h4-6,9-12,15-18,20,27,30H,7-8,13-14,19,21-22H2,1-3H3,(H,34,38)/t30-/m1/s1. The Balaban J connectivity index is 1.75. The lowest BCUT2D eigenvalue weighted by atomic mass is 10.0. The van der Waals surface area contributed by atoms with Crippen LogP contribution in [0.15, 0.2) is 72.8 Å². The summed E-state index contributed by atoms with van der Waals surface area (Å²) in [5, 5.41) is 3.52. The summed E-state index contributed by atoms with van der Waals surface area (Å²) in [4.78, 5) is 29.7. The molecule has 1 aliphatic rings. The maximum absolute atomic E-state index is 14.3. The molecule has 0 saturated heterocycles. The second-order valence-electron chi connectivity index (χ2n) is 10.8. The highest BCUT2D eigenvalue weighted by atomic mass is 35.5. The van der Waals surface area contributed by atoms with Gasteiger partial charge in [0.05, 0.1) is 19.1 Å². The number of anilines is 1. The van der Waals surface area contributed by atoms with Gasteiger partial charge in [0.15, 0.2) is 0 Å². The van der Waals surface area contributed by atoms with Crippen LogP contribution in [-0.4, -0.2) is 57.1 Å². The predicted molar refractivity (Wildman–Crippen MR) is 166 cm³/mol. The molecule has 0 radical (unpaired) electrons. The van der Waals surface area contributed by atoms with E-state index in [1.54, 1.807) is 32.2 Å². The van der Waals surface area contributed by atoms with Gasteiger partial charge in [0.25, 0.3) is 0 Å². The van der Waals surface area contributed by atoms with Crippen LogP contribution in [-0.2, 0) is 32.6 Å². The quantitative estimate of drug-likeness (QED) is 0.307. The van der Waals surface area contributed by atoms with E-state index >= 15 is 0 Å². The molecule has 1 aliphatic carbocycles. The normalized spacial score (nSPS) is 14.3. The van der Waals surface area contributed by atoms with Crippen LogP contribution in [0.3, 0.4) is 0 Å². The number of nitrogens with one attached hydrogen (secondary N) is 1. The van der Waals surface area contributed by atoms with Crippen LogP contribution < -0.4 is 14.4 Å². The zero-order valence-corrected chi connectivity index (χ0v) is 25.8. The van der Waals surface area contributed by atoms with Gasteiger partial charge >= 0.3 is 0 Å². The molecule has 3 aromatic carbocycles. The molecule has 10 heteroatoms. The summed E-state index contributed by atoms with van der Waals surface area (Å²) in [5.41, 5.74) is 2.60. The van der Waals surface area contributed by atoms with Crippen LogP contribution >= 0.6 is 11.6 Å². The first kappa shape index (κ1) is 31.4. The van der Waals surface area contributed by atoms with Crippen molar-refractivity contribution in [1.29, 1.82) is 0 Å². The first-order valence-electron chi connectivity index (χ1n) is 14.1. The summed E-state index contributed by atoms with van der Waals surface area (Å²) >= 11 is 6.23. The number of aryl methyl sites for hydroxylation is 1. The van der Waals surface area contributed by atoms with Crippen LogP contribution in [0.1, 0.15) is 42.4 Å². The van der Waals surface area contributed by atoms with Crippen molar-refractivity contribution >= 4 is 39.1 Å². The highest BCUT2D eigenvalue weighted by molar-refractivity contribution is 7.92. The predicted octanol–water partition coefficient (Wildman–Crippen LogP) is 5.12. The van der Waals surface area contributed by atoms with Crippen molar-refractivity contribution in [3.63, 3.8) is 0 Å². The SMILES string of the molecule is COc1cccc(CN(C(=O)CN(c2cc(Cl)ccc2C)S(C)(=O)=O)[C@H](Cc2ccccc2)C(=O)NC2CCCC2)c1. The van der Waals surface area contributed by atoms with E-state index in [1.165, 1.54) is 11.0 Å². The molecule has 3 aromatic rings. The summed E-state index contributed by atoms with van der Waals surface area (Å²) in [7, 11) is -2.32. The van der Waals surface area contributed by atoms with E-state index in [-0.39, 0.29) is 24.9 Å². The van der Waals surface area contributed by atoms with Crippen molar-refractivity contribution in [3.8, 4) is 5.75 Å². The Morgan fingerprint density at radius 1 is 1.00 bits per heavy atom. The molecule has 1 fully saturated rings. The van der Waals surface area contributed by atoms with Gasteiger partial charge in [-0.2, -0.15) is 0 Å². The summed E-state index contributed by atoms with van der Waals surface area (Å²) in [5.74, 6) is -0.154. The first-order chi connectivity index (χ1) is 20.0. The Labute approximate surface area is 253 Å². The molecular weight excluding hydrogens is 574 g/mol. The number of sulfonamides is 1. The summed E-state index contributed by atoms with van der Waals surface area (Å²) in [6.45, 7) is 1.35. The minimum absolute atomic E-state index is 0.0474. The second kappa shape index (κ2) is 14.1. The number of rotatable bonds is 12. The third kappa shape index (κ3) is 8.26. The molecule has 0 unspecified atom stereocenters. The van der Waals surface area contributed by atoms with E-state index in [2.05, 4.69) is 5.32 Å². The number of hydrogen-bond donors (Lipinski definition) is 1. The minimum Gasteiger partial charge on any atom is -0.497 e. The Morgan fingerprint density at radius 3 is 2.36 bits per heavy atom. The van der Waals surface area contributed by atoms with E-state index in [9.17, 15) is 18.0 Å². The molecule has 0 aliphatic heterocycles. The highest BCUT2D eigenvalue weighted by Gasteiger charge is 2.34. The molecule has 2 amide bonds. The molecule has 1 saturated carbocycles. The van der Waals surface area contributed by atoms with Crippen molar-refractivity contribution < 1.29 is 22.7 Å². The Bertz CT molecular complexity index is 1490. The van der Waals surface area contributed by atoms with Crippen LogP contribution in [0.25, 0.3) is 0 Å². The third-order valence-electron chi connectivity index (χ3n) is 7.58. The first-order valence-corrected chi connectivity index (χ1v) is 16.3. The van der Waals surface area contributed by atoms with E-state index in [4.69, 9.17) is 16.3 Å². The lowest BCUT2D eigenvalue weighted by Gasteiger charge is -2.34. The Morgan fingerprint density at radius 2 is 1.69 bits per heavy atom. The van der Waals surface area contributed by atoms with E-state index in [0.717, 1.165) is 47.4 Å². The molecule has 0 spiro atoms. The van der Waals surface area contributed by atoms with Crippen LogP contribution in [0.4, 0.5) is 5.69 Å². The van der Waals surface area contributed by atoms with Gasteiger partial charge < -0.3 is 15.0 Å². The molecule has 1 N–H and O–H groups in total. The van der Waals surface area contributed by atoms with Crippen LogP contribution in [0.2, 0.25) is 5.02 Å². The smallest absolute Gasteiger partial charge is 0.244 e.